The number of aliphatic hydroxyl groups is 2. The molecule has 3 rings (SSSR count). The van der Waals surface area contributed by atoms with Gasteiger partial charge < -0.3 is 45.5 Å². The predicted octanol–water partition coefficient (Wildman–Crippen LogP) is 0.493. The van der Waals surface area contributed by atoms with Crippen LogP contribution in [-0.2, 0) is 14.0 Å². The van der Waals surface area contributed by atoms with Crippen LogP contribution in [0.15, 0.2) is 0 Å². The first-order valence-electron chi connectivity index (χ1n) is 9.43. The lowest BCUT2D eigenvalue weighted by Gasteiger charge is -2.21. The number of rotatable bonds is 9. The van der Waals surface area contributed by atoms with Crippen molar-refractivity contribution in [3.63, 3.8) is 0 Å². The number of aliphatic hydroxyl groups excluding tert-OH is 2. The van der Waals surface area contributed by atoms with Gasteiger partial charge in [-0.1, -0.05) is 12.8 Å². The third-order valence-electron chi connectivity index (χ3n) is 4.94. The largest absolute Gasteiger partial charge is 0.387 e. The van der Waals surface area contributed by atoms with Gasteiger partial charge in [0.1, 0.15) is 36.3 Å². The number of aromatic nitrogens is 2. The molecule has 30 heavy (non-hydrogen) atoms. The van der Waals surface area contributed by atoms with E-state index >= 15 is 0 Å². The molecule has 1 aliphatic heterocycles. The van der Waals surface area contributed by atoms with Crippen LogP contribution in [0, 0.1) is 5.41 Å². The number of hydrogen-bond acceptors (Lipinski definition) is 10. The highest BCUT2D eigenvalue weighted by Crippen LogP contribution is 2.34. The van der Waals surface area contributed by atoms with Crippen LogP contribution in [-0.4, -0.2) is 79.7 Å². The van der Waals surface area contributed by atoms with Crippen molar-refractivity contribution in [2.45, 2.75) is 56.3 Å². The quantitative estimate of drug-likeness (QED) is 0.152. The van der Waals surface area contributed by atoms with Gasteiger partial charge in [0.2, 0.25) is 5.28 Å². The maximum Gasteiger partial charge on any atom is 0.350 e. The summed E-state index contributed by atoms with van der Waals surface area (Å²) in [5, 5.41) is 34.2. The summed E-state index contributed by atoms with van der Waals surface area (Å²) in [5.74, 6) is 0.521. The topological polar surface area (TPSA) is 190 Å². The highest BCUT2D eigenvalue weighted by molar-refractivity contribution is 7.51. The van der Waals surface area contributed by atoms with Gasteiger partial charge in [-0.15, -0.1) is 0 Å². The zero-order chi connectivity index (χ0) is 21.9. The minimum atomic E-state index is -4.36. The number of halogens is 1. The minimum absolute atomic E-state index is 0.0711. The van der Waals surface area contributed by atoms with Crippen LogP contribution in [0.3, 0.4) is 0 Å². The Labute approximate surface area is 177 Å². The second kappa shape index (κ2) is 9.84. The molecule has 12 nitrogen and oxygen atoms in total. The minimum Gasteiger partial charge on any atom is -0.387 e. The first kappa shape index (κ1) is 23.3. The van der Waals surface area contributed by atoms with E-state index in [9.17, 15) is 14.8 Å². The Hall–Kier alpha value is -1.37. The maximum atomic E-state index is 10.9. The standard InChI is InChI=1S/C16H25ClN5O7P/c17-16-21-13(19-8-3-1-2-4-8)9(5-18)14(22-16)20-15-12(24)11(23)10(29-15)6-28-7-30(25,26)27/h5,8,10-12,15,18,23-24H,1-4,6-7H2,(H2,25,26,27)(H2,19,20,21,22). The van der Waals surface area contributed by atoms with E-state index in [0.29, 0.717) is 11.4 Å². The third-order valence-corrected chi connectivity index (χ3v) is 5.63. The first-order chi connectivity index (χ1) is 14.2. The molecule has 0 bridgehead atoms. The summed E-state index contributed by atoms with van der Waals surface area (Å²) in [6.45, 7) is -0.335. The average Bonchev–Trinajstić information content (AvgIpc) is 3.25. The van der Waals surface area contributed by atoms with Gasteiger partial charge in [-0.05, 0) is 24.4 Å². The highest BCUT2D eigenvalue weighted by atomic mass is 35.5. The van der Waals surface area contributed by atoms with Crippen LogP contribution < -0.4 is 10.6 Å². The number of hydrogen-bond donors (Lipinski definition) is 7. The second-order valence-corrected chi connectivity index (χ2v) is 9.18. The van der Waals surface area contributed by atoms with Crippen LogP contribution in [0.25, 0.3) is 0 Å². The van der Waals surface area contributed by atoms with E-state index in [1.54, 1.807) is 0 Å². The van der Waals surface area contributed by atoms with Gasteiger partial charge in [0.05, 0.1) is 12.2 Å². The van der Waals surface area contributed by atoms with Crippen molar-refractivity contribution in [2.24, 2.45) is 0 Å². The fraction of sp³-hybridized carbons (Fsp3) is 0.688. The summed E-state index contributed by atoms with van der Waals surface area (Å²) in [6, 6.07) is 0.216. The summed E-state index contributed by atoms with van der Waals surface area (Å²) >= 11 is 6.03. The van der Waals surface area contributed by atoms with E-state index in [1.165, 1.54) is 0 Å². The van der Waals surface area contributed by atoms with Gasteiger partial charge in [0.25, 0.3) is 0 Å². The van der Waals surface area contributed by atoms with E-state index < -0.39 is 38.5 Å². The molecule has 2 heterocycles. The van der Waals surface area contributed by atoms with Gasteiger partial charge in [0, 0.05) is 12.3 Å². The fourth-order valence-corrected chi connectivity index (χ4v) is 4.00. The number of nitrogens with one attached hydrogen (secondary N) is 3. The Morgan fingerprint density at radius 2 is 1.83 bits per heavy atom. The monoisotopic (exact) mass is 465 g/mol. The molecule has 2 aliphatic rings. The van der Waals surface area contributed by atoms with Gasteiger partial charge in [-0.3, -0.25) is 4.57 Å². The smallest absolute Gasteiger partial charge is 0.350 e. The fourth-order valence-electron chi connectivity index (χ4n) is 3.49. The van der Waals surface area contributed by atoms with E-state index in [2.05, 4.69) is 20.6 Å². The Bertz CT molecular complexity index is 806. The van der Waals surface area contributed by atoms with Gasteiger partial charge in [0.15, 0.2) is 6.23 Å². The van der Waals surface area contributed by atoms with Gasteiger partial charge in [-0.2, -0.15) is 9.97 Å². The third kappa shape index (κ3) is 5.86. The zero-order valence-corrected chi connectivity index (χ0v) is 17.6. The summed E-state index contributed by atoms with van der Waals surface area (Å²) in [6.07, 6.45) is -0.502. The normalized spacial score (nSPS) is 27.4. The summed E-state index contributed by atoms with van der Waals surface area (Å²) in [5.41, 5.74) is 0.317. The molecule has 168 valence electrons. The summed E-state index contributed by atoms with van der Waals surface area (Å²) in [4.78, 5) is 25.9. The zero-order valence-electron chi connectivity index (χ0n) is 15.9. The molecule has 0 spiro atoms. The van der Waals surface area contributed by atoms with Crippen LogP contribution in [0.1, 0.15) is 31.2 Å². The van der Waals surface area contributed by atoms with Crippen LogP contribution in [0.5, 0.6) is 0 Å². The molecule has 1 saturated heterocycles. The molecule has 0 amide bonds. The SMILES string of the molecule is N=Cc1c(NC2CCCC2)nc(Cl)nc1NC1OC(COCP(=O)(O)O)C(O)C1O. The molecule has 0 radical (unpaired) electrons. The molecule has 2 fully saturated rings. The Morgan fingerprint density at radius 1 is 1.20 bits per heavy atom. The number of anilines is 2. The van der Waals surface area contributed by atoms with Crippen LogP contribution in [0.4, 0.5) is 11.6 Å². The Morgan fingerprint density at radius 3 is 2.43 bits per heavy atom. The van der Waals surface area contributed by atoms with E-state index in [4.69, 9.17) is 36.3 Å². The van der Waals surface area contributed by atoms with Crippen molar-refractivity contribution in [1.82, 2.24) is 9.97 Å². The van der Waals surface area contributed by atoms with Crippen molar-refractivity contribution in [1.29, 1.82) is 5.41 Å². The van der Waals surface area contributed by atoms with Crippen molar-refractivity contribution in [3.05, 3.63) is 10.8 Å². The molecule has 7 N–H and O–H groups in total. The molecular formula is C16H25ClN5O7P. The predicted molar refractivity (Wildman–Crippen MR) is 108 cm³/mol. The molecule has 14 heteroatoms. The lowest BCUT2D eigenvalue weighted by Crippen LogP contribution is -2.37. The molecule has 1 aromatic heterocycles. The van der Waals surface area contributed by atoms with E-state index in [1.807, 2.05) is 0 Å². The number of nitrogens with zero attached hydrogens (tertiary/aromatic N) is 2. The summed E-state index contributed by atoms with van der Waals surface area (Å²) < 4.78 is 21.3. The maximum absolute atomic E-state index is 10.9. The molecular weight excluding hydrogens is 441 g/mol. The Kier molecular flexibility index (Phi) is 7.64. The molecule has 4 unspecified atom stereocenters. The highest BCUT2D eigenvalue weighted by Gasteiger charge is 2.43. The van der Waals surface area contributed by atoms with Gasteiger partial charge >= 0.3 is 7.60 Å². The van der Waals surface area contributed by atoms with Gasteiger partial charge in [-0.25, -0.2) is 0 Å². The average molecular weight is 466 g/mol. The van der Waals surface area contributed by atoms with Crippen molar-refractivity contribution in [2.75, 3.05) is 23.6 Å². The van der Waals surface area contributed by atoms with Crippen molar-refractivity contribution < 1.29 is 34.0 Å². The molecule has 4 atom stereocenters. The van der Waals surface area contributed by atoms with Crippen molar-refractivity contribution in [3.8, 4) is 0 Å². The molecule has 1 aliphatic carbocycles. The Balaban J connectivity index is 1.70. The van der Waals surface area contributed by atoms with Crippen LogP contribution in [0.2, 0.25) is 5.28 Å². The summed E-state index contributed by atoms with van der Waals surface area (Å²) in [7, 11) is -4.36. The first-order valence-corrected chi connectivity index (χ1v) is 11.6. The lowest BCUT2D eigenvalue weighted by atomic mass is 10.1. The van der Waals surface area contributed by atoms with E-state index in [0.717, 1.165) is 31.9 Å². The van der Waals surface area contributed by atoms with Crippen molar-refractivity contribution >= 4 is 37.0 Å². The lowest BCUT2D eigenvalue weighted by molar-refractivity contribution is -0.0329. The van der Waals surface area contributed by atoms with E-state index in [-0.39, 0.29) is 23.8 Å². The second-order valence-electron chi connectivity index (χ2n) is 7.26. The molecule has 1 saturated carbocycles. The number of ether oxygens (including phenoxy) is 2. The molecule has 0 aromatic carbocycles. The molecule has 1 aromatic rings. The van der Waals surface area contributed by atoms with Crippen LogP contribution >= 0.6 is 19.2 Å².